The number of carbonyl (C=O) groups is 2. The van der Waals surface area contributed by atoms with Crippen molar-refractivity contribution < 1.29 is 23.5 Å². The van der Waals surface area contributed by atoms with E-state index in [1.807, 2.05) is 24.3 Å². The van der Waals surface area contributed by atoms with Crippen LogP contribution in [0.4, 0.5) is 8.78 Å². The molecule has 2 aliphatic rings. The summed E-state index contributed by atoms with van der Waals surface area (Å²) in [5.41, 5.74) is 2.33. The molecule has 176 valence electrons. The van der Waals surface area contributed by atoms with Gasteiger partial charge in [0.1, 0.15) is 18.2 Å². The lowest BCUT2D eigenvalue weighted by atomic mass is 9.73. The number of halogens is 2. The maximum atomic E-state index is 14.2. The summed E-state index contributed by atoms with van der Waals surface area (Å²) in [4.78, 5) is 28.7. The van der Waals surface area contributed by atoms with Gasteiger partial charge >= 0.3 is 0 Å². The van der Waals surface area contributed by atoms with Crippen LogP contribution in [-0.2, 0) is 4.79 Å². The summed E-state index contributed by atoms with van der Waals surface area (Å²) in [5.74, 6) is 4.14. The zero-order valence-electron chi connectivity index (χ0n) is 18.7. The van der Waals surface area contributed by atoms with Gasteiger partial charge in [-0.3, -0.25) is 9.59 Å². The Balaban J connectivity index is 1.35. The monoisotopic (exact) mass is 472 g/mol. The number of hydrogen-bond acceptors (Lipinski definition) is 3. The van der Waals surface area contributed by atoms with E-state index in [1.165, 1.54) is 35.2 Å². The zero-order chi connectivity index (χ0) is 24.5. The quantitative estimate of drug-likeness (QED) is 0.596. The molecule has 0 radical (unpaired) electrons. The van der Waals surface area contributed by atoms with Crippen LogP contribution in [0.1, 0.15) is 33.0 Å². The summed E-state index contributed by atoms with van der Waals surface area (Å²) in [6.45, 7) is -0.0860. The van der Waals surface area contributed by atoms with Gasteiger partial charge in [0.25, 0.3) is 5.91 Å². The highest BCUT2D eigenvalue weighted by atomic mass is 19.1. The number of hydrogen-bond donors (Lipinski definition) is 1. The standard InChI is InChI=1S/C28H22F2N2O3/c29-21-13-9-19(10-14-21)6-5-18-7-11-20(12-8-18)27-24-15-31(16-26(34)32(24)25(27)17-33)28(35)22-3-1-2-4-23(22)30/h1-4,7-14,24-25,27,33H,15-17H2/t24-,25-,27+/m0/s1. The third kappa shape index (κ3) is 4.29. The summed E-state index contributed by atoms with van der Waals surface area (Å²) in [6, 6.07) is 18.5. The van der Waals surface area contributed by atoms with E-state index >= 15 is 0 Å². The fourth-order valence-corrected chi connectivity index (χ4v) is 4.93. The van der Waals surface area contributed by atoms with Crippen molar-refractivity contribution in [3.05, 3.63) is 107 Å². The van der Waals surface area contributed by atoms with E-state index in [1.54, 1.807) is 23.1 Å². The molecule has 0 aromatic heterocycles. The Morgan fingerprint density at radius 2 is 1.57 bits per heavy atom. The molecule has 35 heavy (non-hydrogen) atoms. The number of aliphatic hydroxyl groups is 1. The van der Waals surface area contributed by atoms with Crippen LogP contribution in [0.3, 0.4) is 0 Å². The lowest BCUT2D eigenvalue weighted by Crippen LogP contribution is -2.73. The first-order valence-electron chi connectivity index (χ1n) is 11.3. The number of benzene rings is 3. The topological polar surface area (TPSA) is 60.9 Å². The van der Waals surface area contributed by atoms with Crippen molar-refractivity contribution in [3.8, 4) is 11.8 Å². The molecular weight excluding hydrogens is 450 g/mol. The van der Waals surface area contributed by atoms with E-state index in [0.717, 1.165) is 11.1 Å². The molecule has 1 N–H and O–H groups in total. The van der Waals surface area contributed by atoms with Gasteiger partial charge in [0, 0.05) is 23.6 Å². The largest absolute Gasteiger partial charge is 0.394 e. The Morgan fingerprint density at radius 1 is 0.943 bits per heavy atom. The first kappa shape index (κ1) is 22.8. The van der Waals surface area contributed by atoms with E-state index < -0.39 is 11.7 Å². The lowest BCUT2D eigenvalue weighted by molar-refractivity contribution is -0.159. The van der Waals surface area contributed by atoms with Crippen LogP contribution < -0.4 is 0 Å². The van der Waals surface area contributed by atoms with Crippen molar-refractivity contribution in [2.45, 2.75) is 18.0 Å². The minimum atomic E-state index is -0.622. The number of rotatable bonds is 3. The minimum absolute atomic E-state index is 0.0626. The minimum Gasteiger partial charge on any atom is -0.394 e. The molecule has 0 unspecified atom stereocenters. The van der Waals surface area contributed by atoms with Crippen molar-refractivity contribution in [3.63, 3.8) is 0 Å². The summed E-state index contributed by atoms with van der Waals surface area (Å²) >= 11 is 0. The first-order chi connectivity index (χ1) is 17.0. The molecule has 2 fully saturated rings. The highest BCUT2D eigenvalue weighted by Gasteiger charge is 2.54. The highest BCUT2D eigenvalue weighted by molar-refractivity contribution is 5.97. The number of fused-ring (bicyclic) bond motifs is 1. The predicted molar refractivity (Wildman–Crippen MR) is 125 cm³/mol. The number of aliphatic hydroxyl groups excluding tert-OH is 1. The van der Waals surface area contributed by atoms with Gasteiger partial charge in [-0.05, 0) is 54.1 Å². The van der Waals surface area contributed by atoms with Gasteiger partial charge < -0.3 is 14.9 Å². The fraction of sp³-hybridized carbons (Fsp3) is 0.214. The Kier molecular flexibility index (Phi) is 6.06. The van der Waals surface area contributed by atoms with Crippen LogP contribution in [0.5, 0.6) is 0 Å². The number of carbonyl (C=O) groups excluding carboxylic acids is 2. The van der Waals surface area contributed by atoms with Gasteiger partial charge in [0.2, 0.25) is 5.91 Å². The second-order valence-electron chi connectivity index (χ2n) is 8.69. The SMILES string of the molecule is O=C(c1ccccc1F)N1CC(=O)N2[C@@H](CO)[C@H](c3ccc(C#Cc4ccc(F)cc4)cc3)[C@@H]2C1. The summed E-state index contributed by atoms with van der Waals surface area (Å²) in [7, 11) is 0. The van der Waals surface area contributed by atoms with Gasteiger partial charge in [0.15, 0.2) is 0 Å². The molecule has 2 saturated heterocycles. The maximum Gasteiger partial charge on any atom is 0.257 e. The van der Waals surface area contributed by atoms with Crippen molar-refractivity contribution in [1.29, 1.82) is 0 Å². The van der Waals surface area contributed by atoms with Gasteiger partial charge in [-0.1, -0.05) is 36.1 Å². The third-order valence-corrected chi connectivity index (χ3v) is 6.63. The molecule has 5 nitrogen and oxygen atoms in total. The lowest BCUT2D eigenvalue weighted by Gasteiger charge is -2.58. The smallest absolute Gasteiger partial charge is 0.257 e. The number of piperazine rings is 1. The van der Waals surface area contributed by atoms with Gasteiger partial charge in [-0.2, -0.15) is 0 Å². The molecule has 0 aliphatic carbocycles. The summed E-state index contributed by atoms with van der Waals surface area (Å²) in [6.07, 6.45) is 0. The molecule has 3 aromatic rings. The van der Waals surface area contributed by atoms with Gasteiger partial charge in [0.05, 0.1) is 24.3 Å². The molecule has 3 aromatic carbocycles. The Morgan fingerprint density at radius 3 is 2.20 bits per heavy atom. The second kappa shape index (κ2) is 9.32. The fourth-order valence-electron chi connectivity index (χ4n) is 4.93. The van der Waals surface area contributed by atoms with Crippen molar-refractivity contribution in [2.75, 3.05) is 19.7 Å². The average Bonchev–Trinajstić information content (AvgIpc) is 2.85. The average molecular weight is 472 g/mol. The molecule has 7 heteroatoms. The summed E-state index contributed by atoms with van der Waals surface area (Å²) < 4.78 is 27.2. The predicted octanol–water partition coefficient (Wildman–Crippen LogP) is 3.18. The van der Waals surface area contributed by atoms with Crippen LogP contribution in [0.15, 0.2) is 72.8 Å². The van der Waals surface area contributed by atoms with Crippen LogP contribution >= 0.6 is 0 Å². The zero-order valence-corrected chi connectivity index (χ0v) is 18.7. The Hall–Kier alpha value is -4.02. The normalized spacial score (nSPS) is 21.0. The molecule has 0 bridgehead atoms. The van der Waals surface area contributed by atoms with Crippen molar-refractivity contribution in [2.24, 2.45) is 0 Å². The second-order valence-corrected chi connectivity index (χ2v) is 8.69. The van der Waals surface area contributed by atoms with E-state index in [4.69, 9.17) is 0 Å². The van der Waals surface area contributed by atoms with Crippen LogP contribution in [0.25, 0.3) is 0 Å². The van der Waals surface area contributed by atoms with Crippen molar-refractivity contribution >= 4 is 11.8 Å². The van der Waals surface area contributed by atoms with Gasteiger partial charge in [-0.15, -0.1) is 0 Å². The van der Waals surface area contributed by atoms with E-state index in [2.05, 4.69) is 11.8 Å². The third-order valence-electron chi connectivity index (χ3n) is 6.63. The van der Waals surface area contributed by atoms with Crippen molar-refractivity contribution in [1.82, 2.24) is 9.80 Å². The van der Waals surface area contributed by atoms with Gasteiger partial charge in [-0.25, -0.2) is 8.78 Å². The molecular formula is C28H22F2N2O3. The van der Waals surface area contributed by atoms with E-state index in [-0.39, 0.29) is 55.0 Å². The number of amides is 2. The Bertz CT molecular complexity index is 1330. The molecule has 5 rings (SSSR count). The maximum absolute atomic E-state index is 14.2. The molecule has 2 amide bonds. The summed E-state index contributed by atoms with van der Waals surface area (Å²) in [5, 5.41) is 9.98. The van der Waals surface area contributed by atoms with E-state index in [9.17, 15) is 23.5 Å². The van der Waals surface area contributed by atoms with Crippen LogP contribution in [-0.4, -0.2) is 58.5 Å². The number of nitrogens with zero attached hydrogens (tertiary/aromatic N) is 2. The molecule has 0 spiro atoms. The first-order valence-corrected chi connectivity index (χ1v) is 11.3. The van der Waals surface area contributed by atoms with Crippen LogP contribution in [0.2, 0.25) is 0 Å². The van der Waals surface area contributed by atoms with E-state index in [0.29, 0.717) is 5.56 Å². The molecule has 2 aliphatic heterocycles. The van der Waals surface area contributed by atoms with Crippen LogP contribution in [0, 0.1) is 23.5 Å². The molecule has 2 heterocycles. The molecule has 3 atom stereocenters. The Labute approximate surface area is 201 Å². The highest BCUT2D eigenvalue weighted by Crippen LogP contribution is 2.43. The molecule has 0 saturated carbocycles.